The summed E-state index contributed by atoms with van der Waals surface area (Å²) in [5, 5.41) is 2.80. The van der Waals surface area contributed by atoms with Gasteiger partial charge in [0.1, 0.15) is 12.0 Å². The van der Waals surface area contributed by atoms with Crippen LogP contribution in [0.5, 0.6) is 0 Å². The number of amides is 1. The highest BCUT2D eigenvalue weighted by molar-refractivity contribution is 6.02. The van der Waals surface area contributed by atoms with Gasteiger partial charge in [0.2, 0.25) is 0 Å². The number of nitrogens with zero attached hydrogens (tertiary/aromatic N) is 3. The molecule has 0 atom stereocenters. The second kappa shape index (κ2) is 5.48. The topological polar surface area (TPSA) is 58.1 Å². The van der Waals surface area contributed by atoms with E-state index in [2.05, 4.69) is 15.3 Å². The van der Waals surface area contributed by atoms with E-state index < -0.39 is 0 Å². The summed E-state index contributed by atoms with van der Waals surface area (Å²) in [7, 11) is 3.94. The van der Waals surface area contributed by atoms with Crippen LogP contribution in [0.1, 0.15) is 16.2 Å². The predicted octanol–water partition coefficient (Wildman–Crippen LogP) is 2.10. The van der Waals surface area contributed by atoms with Crippen LogP contribution >= 0.6 is 0 Å². The SMILES string of the molecule is Cc1cc(C(=O)Nc2ccc(N(C)C)cc2)ncn1. The first-order valence-corrected chi connectivity index (χ1v) is 5.93. The van der Waals surface area contributed by atoms with Gasteiger partial charge in [-0.15, -0.1) is 0 Å². The molecule has 98 valence electrons. The van der Waals surface area contributed by atoms with E-state index in [9.17, 15) is 4.79 Å². The van der Waals surface area contributed by atoms with Gasteiger partial charge < -0.3 is 10.2 Å². The van der Waals surface area contributed by atoms with Crippen LogP contribution < -0.4 is 10.2 Å². The minimum atomic E-state index is -0.233. The molecule has 2 rings (SSSR count). The highest BCUT2D eigenvalue weighted by Crippen LogP contribution is 2.16. The smallest absolute Gasteiger partial charge is 0.274 e. The number of hydrogen-bond donors (Lipinski definition) is 1. The molecule has 1 amide bonds. The van der Waals surface area contributed by atoms with Crippen molar-refractivity contribution in [3.8, 4) is 0 Å². The molecule has 2 aromatic rings. The number of nitrogens with one attached hydrogen (secondary N) is 1. The lowest BCUT2D eigenvalue weighted by Gasteiger charge is -2.13. The van der Waals surface area contributed by atoms with Crippen molar-refractivity contribution in [3.63, 3.8) is 0 Å². The quantitative estimate of drug-likeness (QED) is 0.913. The van der Waals surface area contributed by atoms with Gasteiger partial charge in [-0.2, -0.15) is 0 Å². The van der Waals surface area contributed by atoms with Crippen LogP contribution in [0.2, 0.25) is 0 Å². The molecule has 0 saturated carbocycles. The van der Waals surface area contributed by atoms with Gasteiger partial charge in [-0.05, 0) is 37.3 Å². The molecule has 5 nitrogen and oxygen atoms in total. The fourth-order valence-electron chi connectivity index (χ4n) is 1.62. The van der Waals surface area contributed by atoms with Crippen LogP contribution in [0.4, 0.5) is 11.4 Å². The second-order valence-corrected chi connectivity index (χ2v) is 4.44. The Morgan fingerprint density at radius 2 is 1.84 bits per heavy atom. The maximum absolute atomic E-state index is 12.0. The van der Waals surface area contributed by atoms with Gasteiger partial charge in [0.25, 0.3) is 5.91 Å². The molecule has 0 unspecified atom stereocenters. The highest BCUT2D eigenvalue weighted by Gasteiger charge is 2.08. The predicted molar refractivity (Wildman–Crippen MR) is 75.5 cm³/mol. The molecule has 0 aliphatic heterocycles. The summed E-state index contributed by atoms with van der Waals surface area (Å²) in [5.41, 5.74) is 2.95. The third kappa shape index (κ3) is 3.28. The van der Waals surface area contributed by atoms with Gasteiger partial charge in [0, 0.05) is 31.2 Å². The van der Waals surface area contributed by atoms with Crippen molar-refractivity contribution in [2.24, 2.45) is 0 Å². The van der Waals surface area contributed by atoms with E-state index in [0.29, 0.717) is 5.69 Å². The molecule has 5 heteroatoms. The summed E-state index contributed by atoms with van der Waals surface area (Å²) in [4.78, 5) is 21.9. The molecule has 0 radical (unpaired) electrons. The summed E-state index contributed by atoms with van der Waals surface area (Å²) in [6, 6.07) is 9.27. The Hall–Kier alpha value is -2.43. The maximum Gasteiger partial charge on any atom is 0.274 e. The number of carbonyl (C=O) groups is 1. The number of aromatic nitrogens is 2. The average molecular weight is 256 g/mol. The van der Waals surface area contributed by atoms with Gasteiger partial charge in [0.05, 0.1) is 0 Å². The Bertz CT molecular complexity index is 578. The molecule has 0 spiro atoms. The van der Waals surface area contributed by atoms with Gasteiger partial charge in [0.15, 0.2) is 0 Å². The largest absolute Gasteiger partial charge is 0.378 e. The van der Waals surface area contributed by atoms with Gasteiger partial charge in [-0.1, -0.05) is 0 Å². The Balaban J connectivity index is 2.10. The molecular weight excluding hydrogens is 240 g/mol. The summed E-state index contributed by atoms with van der Waals surface area (Å²) in [6.45, 7) is 1.82. The first-order valence-electron chi connectivity index (χ1n) is 5.93. The molecule has 1 aromatic carbocycles. The minimum absolute atomic E-state index is 0.233. The molecular formula is C14H16N4O. The zero-order chi connectivity index (χ0) is 13.8. The fraction of sp³-hybridized carbons (Fsp3) is 0.214. The minimum Gasteiger partial charge on any atom is -0.378 e. The summed E-state index contributed by atoms with van der Waals surface area (Å²) < 4.78 is 0. The van der Waals surface area contributed by atoms with E-state index in [1.165, 1.54) is 6.33 Å². The fourth-order valence-corrected chi connectivity index (χ4v) is 1.62. The van der Waals surface area contributed by atoms with E-state index in [4.69, 9.17) is 0 Å². The number of aryl methyl sites for hydroxylation is 1. The van der Waals surface area contributed by atoms with E-state index in [1.54, 1.807) is 6.07 Å². The molecule has 0 fully saturated rings. The van der Waals surface area contributed by atoms with Crippen LogP contribution in [-0.2, 0) is 0 Å². The third-order valence-corrected chi connectivity index (χ3v) is 2.68. The van der Waals surface area contributed by atoms with Gasteiger partial charge >= 0.3 is 0 Å². The van der Waals surface area contributed by atoms with Gasteiger partial charge in [-0.25, -0.2) is 9.97 Å². The molecule has 1 aromatic heterocycles. The Kier molecular flexibility index (Phi) is 3.75. The number of hydrogen-bond acceptors (Lipinski definition) is 4. The van der Waals surface area contributed by atoms with Crippen molar-refractivity contribution in [1.29, 1.82) is 0 Å². The number of carbonyl (C=O) groups excluding carboxylic acids is 1. The second-order valence-electron chi connectivity index (χ2n) is 4.44. The monoisotopic (exact) mass is 256 g/mol. The lowest BCUT2D eigenvalue weighted by Crippen LogP contribution is -2.14. The van der Waals surface area contributed by atoms with Crippen molar-refractivity contribution in [2.75, 3.05) is 24.3 Å². The van der Waals surface area contributed by atoms with Crippen LogP contribution in [0.3, 0.4) is 0 Å². The molecule has 1 heterocycles. The first kappa shape index (κ1) is 13.0. The lowest BCUT2D eigenvalue weighted by molar-refractivity contribution is 0.102. The summed E-state index contributed by atoms with van der Waals surface area (Å²) in [5.74, 6) is -0.233. The van der Waals surface area contributed by atoms with E-state index in [1.807, 2.05) is 50.2 Å². The Labute approximate surface area is 112 Å². The normalized spacial score (nSPS) is 10.1. The summed E-state index contributed by atoms with van der Waals surface area (Å²) >= 11 is 0. The molecule has 1 N–H and O–H groups in total. The van der Waals surface area contributed by atoms with Crippen molar-refractivity contribution in [3.05, 3.63) is 48.0 Å². The van der Waals surface area contributed by atoms with E-state index in [0.717, 1.165) is 17.1 Å². The molecule has 19 heavy (non-hydrogen) atoms. The third-order valence-electron chi connectivity index (χ3n) is 2.68. The zero-order valence-electron chi connectivity index (χ0n) is 11.2. The van der Waals surface area contributed by atoms with Crippen molar-refractivity contribution in [1.82, 2.24) is 9.97 Å². The summed E-state index contributed by atoms with van der Waals surface area (Å²) in [6.07, 6.45) is 1.39. The number of benzene rings is 1. The zero-order valence-corrected chi connectivity index (χ0v) is 11.2. The van der Waals surface area contributed by atoms with Crippen LogP contribution in [-0.4, -0.2) is 30.0 Å². The highest BCUT2D eigenvalue weighted by atomic mass is 16.1. The van der Waals surface area contributed by atoms with Crippen molar-refractivity contribution < 1.29 is 4.79 Å². The molecule has 0 bridgehead atoms. The van der Waals surface area contributed by atoms with E-state index >= 15 is 0 Å². The number of anilines is 2. The standard InChI is InChI=1S/C14H16N4O/c1-10-8-13(16-9-15-10)14(19)17-11-4-6-12(7-5-11)18(2)3/h4-9H,1-3H3,(H,17,19). The van der Waals surface area contributed by atoms with Gasteiger partial charge in [-0.3, -0.25) is 4.79 Å². The van der Waals surface area contributed by atoms with Crippen molar-refractivity contribution >= 4 is 17.3 Å². The van der Waals surface area contributed by atoms with E-state index in [-0.39, 0.29) is 5.91 Å². The van der Waals surface area contributed by atoms with Crippen molar-refractivity contribution in [2.45, 2.75) is 6.92 Å². The Morgan fingerprint density at radius 3 is 2.42 bits per heavy atom. The average Bonchev–Trinajstić information content (AvgIpc) is 2.39. The maximum atomic E-state index is 12.0. The van der Waals surface area contributed by atoms with Crippen LogP contribution in [0, 0.1) is 6.92 Å². The number of rotatable bonds is 3. The first-order chi connectivity index (χ1) is 9.06. The molecule has 0 aliphatic carbocycles. The molecule has 0 saturated heterocycles. The molecule has 0 aliphatic rings. The van der Waals surface area contributed by atoms with Crippen LogP contribution in [0.15, 0.2) is 36.7 Å². The lowest BCUT2D eigenvalue weighted by atomic mass is 10.2. The van der Waals surface area contributed by atoms with Crippen LogP contribution in [0.25, 0.3) is 0 Å². The Morgan fingerprint density at radius 1 is 1.16 bits per heavy atom.